The van der Waals surface area contributed by atoms with Gasteiger partial charge in [-0.3, -0.25) is 23.8 Å². The normalized spacial score (nSPS) is 11.6. The van der Waals surface area contributed by atoms with Crippen LogP contribution < -0.4 is 5.69 Å². The van der Waals surface area contributed by atoms with Crippen molar-refractivity contribution in [2.45, 2.75) is 20.3 Å². The molecule has 0 radical (unpaired) electrons. The molecule has 5 aromatic rings. The summed E-state index contributed by atoms with van der Waals surface area (Å²) < 4.78 is 5.00. The Kier molecular flexibility index (Phi) is 4.18. The number of rotatable bonds is 3. The Morgan fingerprint density at radius 2 is 1.87 bits per heavy atom. The minimum absolute atomic E-state index is 0.155. The second-order valence-corrected chi connectivity index (χ2v) is 7.72. The molecule has 31 heavy (non-hydrogen) atoms. The fourth-order valence-corrected chi connectivity index (χ4v) is 4.12. The van der Waals surface area contributed by atoms with E-state index in [0.29, 0.717) is 12.1 Å². The first-order valence-corrected chi connectivity index (χ1v) is 10.1. The van der Waals surface area contributed by atoms with Crippen molar-refractivity contribution in [1.29, 1.82) is 0 Å². The van der Waals surface area contributed by atoms with Crippen LogP contribution in [0.3, 0.4) is 0 Å². The number of nitrogens with zero attached hydrogens (tertiary/aromatic N) is 6. The van der Waals surface area contributed by atoms with Crippen LogP contribution in [0, 0.1) is 6.92 Å². The maximum Gasteiger partial charge on any atom is 0.333 e. The van der Waals surface area contributed by atoms with Gasteiger partial charge in [0.25, 0.3) is 0 Å². The number of aromatic hydroxyl groups is 1. The fraction of sp³-hybridized carbons (Fsp3) is 0.217. The van der Waals surface area contributed by atoms with Crippen LogP contribution in [-0.2, 0) is 20.5 Å². The molecule has 0 aliphatic heterocycles. The summed E-state index contributed by atoms with van der Waals surface area (Å²) in [5.41, 5.74) is 5.99. The Bertz CT molecular complexity index is 1540. The summed E-state index contributed by atoms with van der Waals surface area (Å²) in [4.78, 5) is 22.1. The van der Waals surface area contributed by atoms with Gasteiger partial charge < -0.3 is 5.11 Å². The number of aromatic nitrogens is 6. The lowest BCUT2D eigenvalue weighted by atomic mass is 10.0. The highest BCUT2D eigenvalue weighted by Crippen LogP contribution is 2.31. The molecule has 0 unspecified atom stereocenters. The van der Waals surface area contributed by atoms with Crippen LogP contribution in [0.4, 0.5) is 0 Å². The van der Waals surface area contributed by atoms with Gasteiger partial charge in [0, 0.05) is 37.4 Å². The van der Waals surface area contributed by atoms with E-state index in [-0.39, 0.29) is 11.4 Å². The monoisotopic (exact) mass is 414 g/mol. The summed E-state index contributed by atoms with van der Waals surface area (Å²) in [6.45, 7) is 3.84. The third-order valence-corrected chi connectivity index (χ3v) is 5.73. The zero-order valence-electron chi connectivity index (χ0n) is 17.8. The van der Waals surface area contributed by atoms with Crippen molar-refractivity contribution < 1.29 is 5.11 Å². The Hall–Kier alpha value is -3.94. The molecular formula is C23H22N6O2. The number of hydrogen-bond donors (Lipinski definition) is 1. The van der Waals surface area contributed by atoms with Crippen molar-refractivity contribution in [3.8, 4) is 22.6 Å². The molecule has 4 heterocycles. The molecular weight excluding hydrogens is 392 g/mol. The highest BCUT2D eigenvalue weighted by molar-refractivity contribution is 6.04. The first-order chi connectivity index (χ1) is 14.9. The molecule has 0 saturated heterocycles. The second kappa shape index (κ2) is 6.80. The molecule has 0 atom stereocenters. The third kappa shape index (κ3) is 2.83. The van der Waals surface area contributed by atoms with E-state index in [2.05, 4.69) is 15.1 Å². The predicted molar refractivity (Wildman–Crippen MR) is 120 cm³/mol. The van der Waals surface area contributed by atoms with Gasteiger partial charge in [0.05, 0.1) is 39.8 Å². The summed E-state index contributed by atoms with van der Waals surface area (Å²) >= 11 is 0. The van der Waals surface area contributed by atoms with Crippen LogP contribution in [0.2, 0.25) is 0 Å². The number of hydrogen-bond acceptors (Lipinski definition) is 5. The molecule has 5 rings (SSSR count). The lowest BCUT2D eigenvalue weighted by molar-refractivity contribution is 0.465. The van der Waals surface area contributed by atoms with Crippen molar-refractivity contribution >= 4 is 21.9 Å². The lowest BCUT2D eigenvalue weighted by Crippen LogP contribution is -2.21. The zero-order valence-corrected chi connectivity index (χ0v) is 17.8. The summed E-state index contributed by atoms with van der Waals surface area (Å²) in [5, 5.41) is 15.5. The molecule has 0 spiro atoms. The summed E-state index contributed by atoms with van der Waals surface area (Å²) in [6, 6.07) is 7.59. The van der Waals surface area contributed by atoms with Crippen LogP contribution in [0.25, 0.3) is 38.8 Å². The van der Waals surface area contributed by atoms with Crippen molar-refractivity contribution in [2.24, 2.45) is 14.1 Å². The average Bonchev–Trinajstić information content (AvgIpc) is 3.22. The van der Waals surface area contributed by atoms with Crippen LogP contribution in [0.5, 0.6) is 5.75 Å². The molecule has 156 valence electrons. The van der Waals surface area contributed by atoms with Crippen molar-refractivity contribution in [3.05, 3.63) is 64.7 Å². The van der Waals surface area contributed by atoms with E-state index in [1.54, 1.807) is 39.3 Å². The Balaban J connectivity index is 1.84. The lowest BCUT2D eigenvalue weighted by Gasteiger charge is -2.09. The largest absolute Gasteiger partial charge is 0.506 e. The fourth-order valence-electron chi connectivity index (χ4n) is 4.12. The van der Waals surface area contributed by atoms with Gasteiger partial charge in [-0.15, -0.1) is 0 Å². The van der Waals surface area contributed by atoms with Crippen LogP contribution in [0.15, 0.2) is 47.7 Å². The molecule has 0 bridgehead atoms. The third-order valence-electron chi connectivity index (χ3n) is 5.73. The van der Waals surface area contributed by atoms with Gasteiger partial charge in [-0.1, -0.05) is 13.0 Å². The number of pyridine rings is 2. The molecule has 0 fully saturated rings. The molecule has 0 aliphatic rings. The molecule has 8 nitrogen and oxygen atoms in total. The SMILES string of the molecule is CCc1ncc(-c2ccc3ncc4c(c3c2)n(-c2cn(C)nc2C)c(=O)n4C)cc1O. The summed E-state index contributed by atoms with van der Waals surface area (Å²) in [6.07, 6.45) is 5.99. The first-order valence-electron chi connectivity index (χ1n) is 10.1. The standard InChI is InChI=1S/C23H22N6O2/c1-5-17-21(30)9-15(10-24-17)14-6-7-18-16(8-14)22-19(11-25-18)28(4)23(31)29(22)20-12-27(3)26-13(20)2/h6-12,30H,5H2,1-4H3. The smallest absolute Gasteiger partial charge is 0.333 e. The van der Waals surface area contributed by atoms with E-state index in [0.717, 1.165) is 44.4 Å². The average molecular weight is 414 g/mol. The first kappa shape index (κ1) is 19.0. The minimum Gasteiger partial charge on any atom is -0.506 e. The van der Waals surface area contributed by atoms with Gasteiger partial charge >= 0.3 is 5.69 Å². The van der Waals surface area contributed by atoms with Gasteiger partial charge in [0.15, 0.2) is 0 Å². The van der Waals surface area contributed by atoms with E-state index in [1.165, 1.54) is 0 Å². The molecule has 1 N–H and O–H groups in total. The zero-order chi connectivity index (χ0) is 21.9. The minimum atomic E-state index is -0.155. The summed E-state index contributed by atoms with van der Waals surface area (Å²) in [5.74, 6) is 0.180. The van der Waals surface area contributed by atoms with E-state index in [1.807, 2.05) is 45.3 Å². The number of fused-ring (bicyclic) bond motifs is 3. The Morgan fingerprint density at radius 3 is 2.55 bits per heavy atom. The maximum atomic E-state index is 13.2. The molecule has 4 aromatic heterocycles. The van der Waals surface area contributed by atoms with Crippen molar-refractivity contribution in [2.75, 3.05) is 0 Å². The van der Waals surface area contributed by atoms with Crippen LogP contribution in [-0.4, -0.2) is 34.0 Å². The highest BCUT2D eigenvalue weighted by atomic mass is 16.3. The number of aryl methyl sites for hydroxylation is 4. The van der Waals surface area contributed by atoms with Gasteiger partial charge in [-0.25, -0.2) is 4.79 Å². The van der Waals surface area contributed by atoms with Gasteiger partial charge in [-0.2, -0.15) is 5.10 Å². The topological polar surface area (TPSA) is 90.8 Å². The van der Waals surface area contributed by atoms with E-state index in [4.69, 9.17) is 0 Å². The molecule has 8 heteroatoms. The summed E-state index contributed by atoms with van der Waals surface area (Å²) in [7, 11) is 3.58. The number of imidazole rings is 1. The molecule has 1 aromatic carbocycles. The van der Waals surface area contributed by atoms with Crippen molar-refractivity contribution in [3.63, 3.8) is 0 Å². The Morgan fingerprint density at radius 1 is 1.06 bits per heavy atom. The van der Waals surface area contributed by atoms with Gasteiger partial charge in [0.1, 0.15) is 5.75 Å². The second-order valence-electron chi connectivity index (χ2n) is 7.72. The predicted octanol–water partition coefficient (Wildman–Crippen LogP) is 3.25. The Labute approximate surface area is 178 Å². The van der Waals surface area contributed by atoms with Crippen molar-refractivity contribution in [1.82, 2.24) is 28.9 Å². The van der Waals surface area contributed by atoms with Crippen LogP contribution in [0.1, 0.15) is 18.3 Å². The van der Waals surface area contributed by atoms with E-state index >= 15 is 0 Å². The highest BCUT2D eigenvalue weighted by Gasteiger charge is 2.19. The maximum absolute atomic E-state index is 13.2. The van der Waals surface area contributed by atoms with Gasteiger partial charge in [-0.05, 0) is 37.1 Å². The molecule has 0 saturated carbocycles. The van der Waals surface area contributed by atoms with Crippen LogP contribution >= 0.6 is 0 Å². The quantitative estimate of drug-likeness (QED) is 0.489. The molecule has 0 amide bonds. The van der Waals surface area contributed by atoms with E-state index < -0.39 is 0 Å². The number of benzene rings is 1. The van der Waals surface area contributed by atoms with E-state index in [9.17, 15) is 9.90 Å². The molecule has 0 aliphatic carbocycles. The van der Waals surface area contributed by atoms with Gasteiger partial charge in [0.2, 0.25) is 0 Å².